The van der Waals surface area contributed by atoms with Crippen molar-refractivity contribution < 1.29 is 4.74 Å². The minimum atomic E-state index is 0.645. The number of para-hydroxylation sites is 1. The lowest BCUT2D eigenvalue weighted by atomic mass is 10.1. The highest BCUT2D eigenvalue weighted by atomic mass is 35.5. The molecule has 1 aliphatic rings. The molecule has 0 bridgehead atoms. The van der Waals surface area contributed by atoms with Crippen molar-refractivity contribution in [2.45, 2.75) is 13.0 Å². The summed E-state index contributed by atoms with van der Waals surface area (Å²) >= 11 is 12.3. The quantitative estimate of drug-likeness (QED) is 0.897. The van der Waals surface area contributed by atoms with E-state index < -0.39 is 0 Å². The SMILES string of the molecule is Clc1cc2c(c(CNc3ccccc3Cl)c1)OCC2. The van der Waals surface area contributed by atoms with Gasteiger partial charge in [-0.1, -0.05) is 35.3 Å². The van der Waals surface area contributed by atoms with E-state index in [4.69, 9.17) is 27.9 Å². The highest BCUT2D eigenvalue weighted by molar-refractivity contribution is 6.33. The molecule has 0 unspecified atom stereocenters. The first-order chi connectivity index (χ1) is 9.24. The lowest BCUT2D eigenvalue weighted by Crippen LogP contribution is -2.02. The Bertz CT molecular complexity index is 613. The van der Waals surface area contributed by atoms with Crippen LogP contribution < -0.4 is 10.1 Å². The van der Waals surface area contributed by atoms with Crippen molar-refractivity contribution >= 4 is 28.9 Å². The first kappa shape index (κ1) is 12.6. The van der Waals surface area contributed by atoms with Crippen molar-refractivity contribution in [1.82, 2.24) is 0 Å². The summed E-state index contributed by atoms with van der Waals surface area (Å²) in [6.45, 7) is 1.38. The van der Waals surface area contributed by atoms with Crippen LogP contribution in [-0.4, -0.2) is 6.61 Å². The number of nitrogens with one attached hydrogen (secondary N) is 1. The Balaban J connectivity index is 1.83. The van der Waals surface area contributed by atoms with Crippen LogP contribution >= 0.6 is 23.2 Å². The fraction of sp³-hybridized carbons (Fsp3) is 0.200. The number of benzene rings is 2. The third-order valence-electron chi connectivity index (χ3n) is 3.17. The molecular formula is C15H13Cl2NO. The van der Waals surface area contributed by atoms with Gasteiger partial charge in [-0.3, -0.25) is 0 Å². The first-order valence-corrected chi connectivity index (χ1v) is 6.92. The molecule has 3 rings (SSSR count). The van der Waals surface area contributed by atoms with E-state index in [0.29, 0.717) is 11.6 Å². The zero-order valence-electron chi connectivity index (χ0n) is 10.2. The van der Waals surface area contributed by atoms with Crippen molar-refractivity contribution in [3.05, 3.63) is 57.6 Å². The van der Waals surface area contributed by atoms with Gasteiger partial charge in [-0.25, -0.2) is 0 Å². The monoisotopic (exact) mass is 293 g/mol. The third-order valence-corrected chi connectivity index (χ3v) is 3.72. The molecule has 1 heterocycles. The molecule has 0 saturated heterocycles. The number of rotatable bonds is 3. The predicted molar refractivity (Wildman–Crippen MR) is 79.4 cm³/mol. The third kappa shape index (κ3) is 2.65. The normalized spacial score (nSPS) is 12.9. The van der Waals surface area contributed by atoms with Gasteiger partial charge in [0.15, 0.2) is 0 Å². The van der Waals surface area contributed by atoms with Gasteiger partial charge in [-0.05, 0) is 29.8 Å². The van der Waals surface area contributed by atoms with E-state index in [1.807, 2.05) is 36.4 Å². The van der Waals surface area contributed by atoms with Gasteiger partial charge in [0, 0.05) is 23.6 Å². The van der Waals surface area contributed by atoms with Crippen LogP contribution in [0.25, 0.3) is 0 Å². The molecule has 0 radical (unpaired) electrons. The molecule has 2 aromatic carbocycles. The number of halogens is 2. The largest absolute Gasteiger partial charge is 0.493 e. The molecule has 0 fully saturated rings. The van der Waals surface area contributed by atoms with Crippen LogP contribution in [0, 0.1) is 0 Å². The summed E-state index contributed by atoms with van der Waals surface area (Å²) in [6.07, 6.45) is 0.926. The van der Waals surface area contributed by atoms with E-state index in [9.17, 15) is 0 Å². The van der Waals surface area contributed by atoms with Gasteiger partial charge >= 0.3 is 0 Å². The molecule has 1 N–H and O–H groups in total. The van der Waals surface area contributed by atoms with E-state index in [1.165, 1.54) is 5.56 Å². The number of anilines is 1. The average molecular weight is 294 g/mol. The number of fused-ring (bicyclic) bond motifs is 1. The second-order valence-electron chi connectivity index (χ2n) is 4.49. The topological polar surface area (TPSA) is 21.3 Å². The van der Waals surface area contributed by atoms with Crippen molar-refractivity contribution in [3.8, 4) is 5.75 Å². The molecule has 19 heavy (non-hydrogen) atoms. The van der Waals surface area contributed by atoms with Crippen LogP contribution in [0.3, 0.4) is 0 Å². The number of ether oxygens (including phenoxy) is 1. The highest BCUT2D eigenvalue weighted by Crippen LogP contribution is 2.33. The van der Waals surface area contributed by atoms with Crippen molar-refractivity contribution in [2.24, 2.45) is 0 Å². The van der Waals surface area contributed by atoms with Gasteiger partial charge in [-0.15, -0.1) is 0 Å². The van der Waals surface area contributed by atoms with Crippen molar-refractivity contribution in [3.63, 3.8) is 0 Å². The van der Waals surface area contributed by atoms with Crippen LogP contribution in [-0.2, 0) is 13.0 Å². The Morgan fingerprint density at radius 2 is 2.00 bits per heavy atom. The van der Waals surface area contributed by atoms with Crippen LogP contribution in [0.2, 0.25) is 10.0 Å². The standard InChI is InChI=1S/C15H13Cl2NO/c16-12-7-10-5-6-19-15(10)11(8-12)9-18-14-4-2-1-3-13(14)17/h1-4,7-8,18H,5-6,9H2. The molecule has 1 aliphatic heterocycles. The van der Waals surface area contributed by atoms with E-state index in [-0.39, 0.29) is 0 Å². The van der Waals surface area contributed by atoms with E-state index in [2.05, 4.69) is 5.32 Å². The average Bonchev–Trinajstić information content (AvgIpc) is 2.85. The summed E-state index contributed by atoms with van der Waals surface area (Å²) < 4.78 is 5.67. The molecule has 2 nitrogen and oxygen atoms in total. The van der Waals surface area contributed by atoms with Crippen LogP contribution in [0.4, 0.5) is 5.69 Å². The summed E-state index contributed by atoms with van der Waals surface area (Å²) in [4.78, 5) is 0. The number of hydrogen-bond donors (Lipinski definition) is 1. The zero-order chi connectivity index (χ0) is 13.2. The van der Waals surface area contributed by atoms with E-state index in [1.54, 1.807) is 0 Å². The van der Waals surface area contributed by atoms with Gasteiger partial charge in [0.1, 0.15) is 5.75 Å². The lowest BCUT2D eigenvalue weighted by molar-refractivity contribution is 0.354. The zero-order valence-corrected chi connectivity index (χ0v) is 11.8. The Hall–Kier alpha value is -1.38. The predicted octanol–water partition coefficient (Wildman–Crippen LogP) is 4.54. The maximum Gasteiger partial charge on any atom is 0.127 e. The minimum Gasteiger partial charge on any atom is -0.493 e. The van der Waals surface area contributed by atoms with Crippen LogP contribution in [0.5, 0.6) is 5.75 Å². The highest BCUT2D eigenvalue weighted by Gasteiger charge is 2.17. The van der Waals surface area contributed by atoms with Gasteiger partial charge in [0.25, 0.3) is 0 Å². The summed E-state index contributed by atoms with van der Waals surface area (Å²) in [6, 6.07) is 11.6. The Kier molecular flexibility index (Phi) is 3.54. The van der Waals surface area contributed by atoms with Gasteiger partial charge in [0.05, 0.1) is 17.3 Å². The summed E-state index contributed by atoms with van der Waals surface area (Å²) in [7, 11) is 0. The Morgan fingerprint density at radius 3 is 2.84 bits per heavy atom. The molecular weight excluding hydrogens is 281 g/mol. The molecule has 0 spiro atoms. The molecule has 4 heteroatoms. The molecule has 98 valence electrons. The lowest BCUT2D eigenvalue weighted by Gasteiger charge is -2.12. The fourth-order valence-electron chi connectivity index (χ4n) is 2.27. The first-order valence-electron chi connectivity index (χ1n) is 6.16. The molecule has 0 aliphatic carbocycles. The molecule has 0 amide bonds. The summed E-state index contributed by atoms with van der Waals surface area (Å²) in [5.41, 5.74) is 3.17. The smallest absolute Gasteiger partial charge is 0.127 e. The second-order valence-corrected chi connectivity index (χ2v) is 5.33. The molecule has 2 aromatic rings. The van der Waals surface area contributed by atoms with Crippen molar-refractivity contribution in [2.75, 3.05) is 11.9 Å². The van der Waals surface area contributed by atoms with Gasteiger partial charge in [-0.2, -0.15) is 0 Å². The Morgan fingerprint density at radius 1 is 1.16 bits per heavy atom. The van der Waals surface area contributed by atoms with Crippen LogP contribution in [0.15, 0.2) is 36.4 Å². The second kappa shape index (κ2) is 5.32. The maximum absolute atomic E-state index is 6.13. The molecule has 0 aromatic heterocycles. The van der Waals surface area contributed by atoms with Gasteiger partial charge in [0.2, 0.25) is 0 Å². The fourth-order valence-corrected chi connectivity index (χ4v) is 2.74. The molecule has 0 saturated carbocycles. The Labute approximate surface area is 122 Å². The van der Waals surface area contributed by atoms with Crippen molar-refractivity contribution in [1.29, 1.82) is 0 Å². The van der Waals surface area contributed by atoms with Gasteiger partial charge < -0.3 is 10.1 Å². The van der Waals surface area contributed by atoms with Crippen LogP contribution in [0.1, 0.15) is 11.1 Å². The van der Waals surface area contributed by atoms with E-state index >= 15 is 0 Å². The summed E-state index contributed by atoms with van der Waals surface area (Å²) in [5, 5.41) is 4.78. The maximum atomic E-state index is 6.13. The molecule has 0 atom stereocenters. The summed E-state index contributed by atoms with van der Waals surface area (Å²) in [5.74, 6) is 0.962. The van der Waals surface area contributed by atoms with E-state index in [0.717, 1.165) is 35.1 Å². The number of hydrogen-bond acceptors (Lipinski definition) is 2. The minimum absolute atomic E-state index is 0.645.